The third kappa shape index (κ3) is 3.82. The lowest BCUT2D eigenvalue weighted by atomic mass is 10.2. The summed E-state index contributed by atoms with van der Waals surface area (Å²) < 4.78 is 11.0. The van der Waals surface area contributed by atoms with Gasteiger partial charge in [0.1, 0.15) is 5.69 Å². The Morgan fingerprint density at radius 3 is 2.29 bits per heavy atom. The van der Waals surface area contributed by atoms with Crippen LogP contribution >= 0.6 is 0 Å². The summed E-state index contributed by atoms with van der Waals surface area (Å²) in [6.45, 7) is 7.78. The van der Waals surface area contributed by atoms with Gasteiger partial charge in [0.05, 0.1) is 12.8 Å². The Morgan fingerprint density at radius 2 is 1.75 bits per heavy atom. The highest BCUT2D eigenvalue weighted by Crippen LogP contribution is 2.35. The third-order valence-electron chi connectivity index (χ3n) is 3.51. The van der Waals surface area contributed by atoms with Gasteiger partial charge in [-0.3, -0.25) is 9.97 Å². The highest BCUT2D eigenvalue weighted by atomic mass is 16.6. The molecule has 6 heteroatoms. The first-order valence-electron chi connectivity index (χ1n) is 7.90. The first-order valence-corrected chi connectivity index (χ1v) is 7.90. The molecule has 0 aliphatic carbocycles. The summed E-state index contributed by atoms with van der Waals surface area (Å²) in [5.41, 5.74) is 1.08. The molecule has 0 spiro atoms. The molecule has 0 radical (unpaired) electrons. The topological polar surface area (TPSA) is 64.6 Å². The van der Waals surface area contributed by atoms with Crippen LogP contribution in [0.2, 0.25) is 0 Å². The molecule has 0 bridgehead atoms. The van der Waals surface area contributed by atoms with Crippen LogP contribution in [0.15, 0.2) is 36.7 Å². The molecular weight excluding hydrogens is 306 g/mol. The van der Waals surface area contributed by atoms with E-state index >= 15 is 0 Å². The van der Waals surface area contributed by atoms with Crippen LogP contribution in [0, 0.1) is 0 Å². The van der Waals surface area contributed by atoms with E-state index in [4.69, 9.17) is 9.47 Å². The van der Waals surface area contributed by atoms with E-state index in [1.807, 2.05) is 45.9 Å². The summed E-state index contributed by atoms with van der Waals surface area (Å²) in [6, 6.07) is 7.15. The molecule has 0 saturated carbocycles. The van der Waals surface area contributed by atoms with Crippen molar-refractivity contribution >= 4 is 6.09 Å². The zero-order valence-corrected chi connectivity index (χ0v) is 14.7. The number of carbonyl (C=O) groups excluding carboxylic acids is 1. The first-order chi connectivity index (χ1) is 11.5. The van der Waals surface area contributed by atoms with Gasteiger partial charge in [0.15, 0.2) is 5.75 Å². The summed E-state index contributed by atoms with van der Waals surface area (Å²) in [4.78, 5) is 22.9. The van der Waals surface area contributed by atoms with Crippen molar-refractivity contribution in [1.29, 1.82) is 0 Å². The van der Waals surface area contributed by atoms with Gasteiger partial charge in [-0.2, -0.15) is 0 Å². The quantitative estimate of drug-likeness (QED) is 0.835. The van der Waals surface area contributed by atoms with E-state index in [2.05, 4.69) is 9.97 Å². The molecule has 2 heterocycles. The van der Waals surface area contributed by atoms with E-state index in [0.29, 0.717) is 17.1 Å². The van der Waals surface area contributed by atoms with Gasteiger partial charge in [0, 0.05) is 30.5 Å². The van der Waals surface area contributed by atoms with Gasteiger partial charge in [-0.25, -0.2) is 4.79 Å². The van der Waals surface area contributed by atoms with Gasteiger partial charge in [-0.05, 0) is 39.8 Å². The van der Waals surface area contributed by atoms with Crippen molar-refractivity contribution in [1.82, 2.24) is 14.9 Å². The summed E-state index contributed by atoms with van der Waals surface area (Å²) in [6.07, 6.45) is 2.82. The van der Waals surface area contributed by atoms with Crippen LogP contribution in [0.3, 0.4) is 0 Å². The standard InChI is InChI=1S/C18H23N3O3/c1-12(2)21(13(3)4)18(22)24-17-15(23-5)9-11-20-16(17)14-8-6-7-10-19-14/h6-13H,1-5H3. The van der Waals surface area contributed by atoms with Gasteiger partial charge < -0.3 is 14.4 Å². The number of nitrogens with zero attached hydrogens (tertiary/aromatic N) is 3. The van der Waals surface area contributed by atoms with Crippen molar-refractivity contribution in [3.63, 3.8) is 0 Å². The number of ether oxygens (including phenoxy) is 2. The number of rotatable bonds is 5. The molecule has 0 aliphatic rings. The average molecular weight is 329 g/mol. The van der Waals surface area contributed by atoms with Crippen LogP contribution in [-0.2, 0) is 0 Å². The minimum absolute atomic E-state index is 0.0125. The molecule has 1 amide bonds. The van der Waals surface area contributed by atoms with Crippen LogP contribution in [0.1, 0.15) is 27.7 Å². The number of aromatic nitrogens is 2. The number of amides is 1. The Kier molecular flexibility index (Phi) is 5.73. The van der Waals surface area contributed by atoms with Crippen LogP contribution in [0.25, 0.3) is 11.4 Å². The van der Waals surface area contributed by atoms with Crippen LogP contribution in [0.4, 0.5) is 4.79 Å². The second-order valence-corrected chi connectivity index (χ2v) is 5.87. The maximum atomic E-state index is 12.6. The zero-order chi connectivity index (χ0) is 17.7. The van der Waals surface area contributed by atoms with E-state index in [1.165, 1.54) is 7.11 Å². The Bertz CT molecular complexity index is 679. The number of hydrogen-bond donors (Lipinski definition) is 0. The van der Waals surface area contributed by atoms with Gasteiger partial charge in [-0.1, -0.05) is 6.07 Å². The van der Waals surface area contributed by atoms with Crippen LogP contribution in [-0.4, -0.2) is 40.2 Å². The number of pyridine rings is 2. The summed E-state index contributed by atoms with van der Waals surface area (Å²) >= 11 is 0. The molecule has 0 aromatic carbocycles. The Hall–Kier alpha value is -2.63. The number of hydrogen-bond acceptors (Lipinski definition) is 5. The largest absolute Gasteiger partial charge is 0.493 e. The van der Waals surface area contributed by atoms with E-state index in [1.54, 1.807) is 23.4 Å². The molecule has 2 aromatic heterocycles. The summed E-state index contributed by atoms with van der Waals surface area (Å²) in [5.74, 6) is 0.710. The Labute approximate surface area is 142 Å². The van der Waals surface area contributed by atoms with Crippen molar-refractivity contribution in [2.75, 3.05) is 7.11 Å². The SMILES string of the molecule is COc1ccnc(-c2ccccn2)c1OC(=O)N(C(C)C)C(C)C. The molecule has 0 N–H and O–H groups in total. The number of methoxy groups -OCH3 is 1. The number of carbonyl (C=O) groups is 1. The Morgan fingerprint density at radius 1 is 1.04 bits per heavy atom. The molecule has 6 nitrogen and oxygen atoms in total. The fourth-order valence-corrected chi connectivity index (χ4v) is 2.53. The molecule has 0 fully saturated rings. The second-order valence-electron chi connectivity index (χ2n) is 5.87. The van der Waals surface area contributed by atoms with Gasteiger partial charge in [-0.15, -0.1) is 0 Å². The minimum Gasteiger partial charge on any atom is -0.493 e. The molecule has 0 saturated heterocycles. The van der Waals surface area contributed by atoms with E-state index in [-0.39, 0.29) is 17.8 Å². The van der Waals surface area contributed by atoms with Crippen LogP contribution < -0.4 is 9.47 Å². The second kappa shape index (κ2) is 7.77. The Balaban J connectivity index is 2.44. The normalized spacial score (nSPS) is 10.8. The molecular formula is C18H23N3O3. The smallest absolute Gasteiger partial charge is 0.415 e. The lowest BCUT2D eigenvalue weighted by molar-refractivity contribution is 0.121. The molecule has 128 valence electrons. The van der Waals surface area contributed by atoms with E-state index in [0.717, 1.165) is 0 Å². The summed E-state index contributed by atoms with van der Waals surface area (Å²) in [5, 5.41) is 0. The first kappa shape index (κ1) is 17.7. The zero-order valence-electron chi connectivity index (χ0n) is 14.7. The molecule has 2 aromatic rings. The third-order valence-corrected chi connectivity index (χ3v) is 3.51. The van der Waals surface area contributed by atoms with Gasteiger partial charge in [0.2, 0.25) is 5.75 Å². The fourth-order valence-electron chi connectivity index (χ4n) is 2.53. The lowest BCUT2D eigenvalue weighted by Crippen LogP contribution is -2.43. The highest BCUT2D eigenvalue weighted by molar-refractivity contribution is 5.77. The maximum absolute atomic E-state index is 12.6. The fraction of sp³-hybridized carbons (Fsp3) is 0.389. The van der Waals surface area contributed by atoms with Gasteiger partial charge >= 0.3 is 6.09 Å². The van der Waals surface area contributed by atoms with Gasteiger partial charge in [0.25, 0.3) is 0 Å². The average Bonchev–Trinajstić information content (AvgIpc) is 2.55. The van der Waals surface area contributed by atoms with Crippen molar-refractivity contribution < 1.29 is 14.3 Å². The predicted molar refractivity (Wildman–Crippen MR) is 92.2 cm³/mol. The highest BCUT2D eigenvalue weighted by Gasteiger charge is 2.25. The molecule has 0 aliphatic heterocycles. The lowest BCUT2D eigenvalue weighted by Gasteiger charge is -2.29. The molecule has 24 heavy (non-hydrogen) atoms. The molecule has 0 atom stereocenters. The van der Waals surface area contributed by atoms with Crippen molar-refractivity contribution in [2.24, 2.45) is 0 Å². The minimum atomic E-state index is -0.441. The predicted octanol–water partition coefficient (Wildman–Crippen LogP) is 3.77. The maximum Gasteiger partial charge on any atom is 0.415 e. The van der Waals surface area contributed by atoms with Crippen molar-refractivity contribution in [2.45, 2.75) is 39.8 Å². The molecule has 0 unspecified atom stereocenters. The summed E-state index contributed by atoms with van der Waals surface area (Å²) in [7, 11) is 1.53. The van der Waals surface area contributed by atoms with E-state index in [9.17, 15) is 4.79 Å². The molecule has 2 rings (SSSR count). The van der Waals surface area contributed by atoms with Crippen molar-refractivity contribution in [3.8, 4) is 22.9 Å². The van der Waals surface area contributed by atoms with E-state index < -0.39 is 6.09 Å². The van der Waals surface area contributed by atoms with Crippen LogP contribution in [0.5, 0.6) is 11.5 Å². The van der Waals surface area contributed by atoms with Crippen molar-refractivity contribution in [3.05, 3.63) is 36.7 Å². The monoisotopic (exact) mass is 329 g/mol.